The fourth-order valence-electron chi connectivity index (χ4n) is 4.72. The summed E-state index contributed by atoms with van der Waals surface area (Å²) in [6.07, 6.45) is 8.15. The van der Waals surface area contributed by atoms with Crippen LogP contribution in [-0.2, 0) is 11.3 Å². The molecule has 0 saturated carbocycles. The molecule has 0 saturated heterocycles. The van der Waals surface area contributed by atoms with Crippen molar-refractivity contribution in [2.24, 2.45) is 0 Å². The molecule has 1 unspecified atom stereocenters. The molecule has 2 aromatic carbocycles. The zero-order chi connectivity index (χ0) is 27.8. The van der Waals surface area contributed by atoms with Crippen molar-refractivity contribution in [3.63, 3.8) is 0 Å². The van der Waals surface area contributed by atoms with Gasteiger partial charge < -0.3 is 19.5 Å². The van der Waals surface area contributed by atoms with E-state index in [9.17, 15) is 9.59 Å². The van der Waals surface area contributed by atoms with Crippen molar-refractivity contribution < 1.29 is 19.0 Å². The molecular formula is C30H37N3O5S. The van der Waals surface area contributed by atoms with E-state index in [1.807, 2.05) is 38.1 Å². The van der Waals surface area contributed by atoms with Gasteiger partial charge in [-0.1, -0.05) is 42.5 Å². The Balaban J connectivity index is 1.70. The van der Waals surface area contributed by atoms with Crippen LogP contribution in [0.3, 0.4) is 0 Å². The molecule has 1 aliphatic rings. The smallest absolute Gasteiger partial charge is 0.262 e. The number of ether oxygens (including phenoxy) is 3. The van der Waals surface area contributed by atoms with Crippen LogP contribution in [0.4, 0.5) is 5.69 Å². The average Bonchev–Trinajstić information content (AvgIpc) is 2.96. The number of nitrogens with one attached hydrogen (secondary N) is 1. The van der Waals surface area contributed by atoms with Crippen LogP contribution in [0.15, 0.2) is 58.0 Å². The number of hydrogen-bond acceptors (Lipinski definition) is 7. The summed E-state index contributed by atoms with van der Waals surface area (Å²) in [5.41, 5.74) is 2.34. The van der Waals surface area contributed by atoms with Gasteiger partial charge in [-0.25, -0.2) is 4.98 Å². The van der Waals surface area contributed by atoms with E-state index in [1.165, 1.54) is 30.2 Å². The van der Waals surface area contributed by atoms with Crippen molar-refractivity contribution in [2.45, 2.75) is 69.3 Å². The van der Waals surface area contributed by atoms with Gasteiger partial charge in [0.05, 0.1) is 42.7 Å². The highest BCUT2D eigenvalue weighted by molar-refractivity contribution is 8.00. The monoisotopic (exact) mass is 551 g/mol. The molecule has 1 aromatic heterocycles. The number of hydrogen-bond donors (Lipinski definition) is 1. The van der Waals surface area contributed by atoms with Crippen LogP contribution in [0.1, 0.15) is 52.4 Å². The number of allylic oxidation sites excluding steroid dienone is 2. The standard InChI is InChI=1S/C30H37N3O5S/c1-5-27(28(34)31-22-14-10-11-15-24(22)38-6-2)39-30-32-23-19-26(37-4)25(36-3)18-21(23)29(35)33(30)17-16-20-12-8-7-9-13-20/h10-12,14-15,18-19,27H,5-9,13,16-17H2,1-4H3,(H,31,34). The molecule has 4 rings (SSSR count). The molecule has 1 heterocycles. The van der Waals surface area contributed by atoms with Gasteiger partial charge in [-0.15, -0.1) is 0 Å². The predicted octanol–water partition coefficient (Wildman–Crippen LogP) is 6.21. The molecule has 9 heteroatoms. The third-order valence-corrected chi connectivity index (χ3v) is 8.18. The molecular weight excluding hydrogens is 514 g/mol. The number of carbonyl (C=O) groups is 1. The van der Waals surface area contributed by atoms with Crippen LogP contribution in [0.25, 0.3) is 10.9 Å². The Hall–Kier alpha value is -3.46. The van der Waals surface area contributed by atoms with Crippen LogP contribution in [0.5, 0.6) is 17.2 Å². The van der Waals surface area contributed by atoms with Crippen LogP contribution in [-0.4, -0.2) is 41.5 Å². The molecule has 1 atom stereocenters. The van der Waals surface area contributed by atoms with Crippen molar-refractivity contribution in [2.75, 3.05) is 26.1 Å². The summed E-state index contributed by atoms with van der Waals surface area (Å²) in [7, 11) is 3.10. The van der Waals surface area contributed by atoms with Crippen molar-refractivity contribution in [3.8, 4) is 17.2 Å². The number of rotatable bonds is 12. The first kappa shape index (κ1) is 28.5. The Morgan fingerprint density at radius 3 is 2.56 bits per heavy atom. The Labute approximate surface area is 233 Å². The van der Waals surface area contributed by atoms with Crippen molar-refractivity contribution in [3.05, 3.63) is 58.4 Å². The van der Waals surface area contributed by atoms with Crippen LogP contribution < -0.4 is 25.1 Å². The Kier molecular flexibility index (Phi) is 9.92. The van der Waals surface area contributed by atoms with Gasteiger partial charge in [0.2, 0.25) is 5.91 Å². The van der Waals surface area contributed by atoms with Crippen LogP contribution in [0, 0.1) is 0 Å². The number of para-hydroxylation sites is 2. The summed E-state index contributed by atoms with van der Waals surface area (Å²) in [6, 6.07) is 10.8. The molecule has 1 amide bonds. The van der Waals surface area contributed by atoms with Gasteiger partial charge in [0.15, 0.2) is 16.7 Å². The van der Waals surface area contributed by atoms with Gasteiger partial charge in [0, 0.05) is 12.6 Å². The second kappa shape index (κ2) is 13.6. The first-order valence-electron chi connectivity index (χ1n) is 13.5. The zero-order valence-electron chi connectivity index (χ0n) is 23.1. The number of carbonyl (C=O) groups excluding carboxylic acids is 1. The number of methoxy groups -OCH3 is 2. The molecule has 3 aromatic rings. The van der Waals surface area contributed by atoms with Crippen molar-refractivity contribution >= 4 is 34.3 Å². The minimum Gasteiger partial charge on any atom is -0.493 e. The second-order valence-electron chi connectivity index (χ2n) is 9.37. The predicted molar refractivity (Wildman–Crippen MR) is 156 cm³/mol. The van der Waals surface area contributed by atoms with E-state index in [4.69, 9.17) is 19.2 Å². The minimum absolute atomic E-state index is 0.156. The van der Waals surface area contributed by atoms with Gasteiger partial charge in [-0.2, -0.15) is 0 Å². The maximum absolute atomic E-state index is 13.8. The van der Waals surface area contributed by atoms with Gasteiger partial charge in [0.1, 0.15) is 5.75 Å². The number of aromatic nitrogens is 2. The summed E-state index contributed by atoms with van der Waals surface area (Å²) >= 11 is 1.31. The van der Waals surface area contributed by atoms with Gasteiger partial charge in [0.25, 0.3) is 5.56 Å². The largest absolute Gasteiger partial charge is 0.493 e. The zero-order valence-corrected chi connectivity index (χ0v) is 23.9. The number of amides is 1. The molecule has 1 N–H and O–H groups in total. The normalized spacial score (nSPS) is 14.0. The Bertz CT molecular complexity index is 1400. The SMILES string of the molecule is CCOc1ccccc1NC(=O)C(CC)Sc1nc2cc(OC)c(OC)cc2c(=O)n1CCC1=CCCCC1. The highest BCUT2D eigenvalue weighted by Crippen LogP contribution is 2.33. The lowest BCUT2D eigenvalue weighted by atomic mass is 9.97. The third kappa shape index (κ3) is 6.76. The maximum Gasteiger partial charge on any atom is 0.262 e. The van der Waals surface area contributed by atoms with Crippen LogP contribution >= 0.6 is 11.8 Å². The van der Waals surface area contributed by atoms with E-state index >= 15 is 0 Å². The lowest BCUT2D eigenvalue weighted by Gasteiger charge is -2.20. The maximum atomic E-state index is 13.8. The summed E-state index contributed by atoms with van der Waals surface area (Å²) in [4.78, 5) is 32.1. The van der Waals surface area contributed by atoms with Gasteiger partial charge >= 0.3 is 0 Å². The topological polar surface area (TPSA) is 91.7 Å². The minimum atomic E-state index is -0.468. The molecule has 1 aliphatic carbocycles. The average molecular weight is 552 g/mol. The summed E-state index contributed by atoms with van der Waals surface area (Å²) in [6.45, 7) is 4.85. The molecule has 0 spiro atoms. The fourth-order valence-corrected chi connectivity index (χ4v) is 5.76. The van der Waals surface area contributed by atoms with Crippen LogP contribution in [0.2, 0.25) is 0 Å². The molecule has 0 bridgehead atoms. The van der Waals surface area contributed by atoms with Gasteiger partial charge in [-0.05, 0) is 63.6 Å². The first-order chi connectivity index (χ1) is 19.0. The Morgan fingerprint density at radius 1 is 1.10 bits per heavy atom. The molecule has 0 aliphatic heterocycles. The highest BCUT2D eigenvalue weighted by atomic mass is 32.2. The lowest BCUT2D eigenvalue weighted by Crippen LogP contribution is -2.28. The van der Waals surface area contributed by atoms with E-state index in [0.717, 1.165) is 19.3 Å². The first-order valence-corrected chi connectivity index (χ1v) is 14.4. The van der Waals surface area contributed by atoms with Crippen molar-refractivity contribution in [1.82, 2.24) is 9.55 Å². The molecule has 39 heavy (non-hydrogen) atoms. The quantitative estimate of drug-likeness (QED) is 0.162. The second-order valence-corrected chi connectivity index (χ2v) is 10.5. The molecule has 8 nitrogen and oxygen atoms in total. The lowest BCUT2D eigenvalue weighted by molar-refractivity contribution is -0.115. The molecule has 208 valence electrons. The summed E-state index contributed by atoms with van der Waals surface area (Å²) in [5, 5.41) is 3.51. The van der Waals surface area contributed by atoms with E-state index < -0.39 is 5.25 Å². The number of nitrogens with zero attached hydrogens (tertiary/aromatic N) is 2. The van der Waals surface area contributed by atoms with E-state index in [0.29, 0.717) is 58.6 Å². The van der Waals surface area contributed by atoms with Gasteiger partial charge in [-0.3, -0.25) is 14.2 Å². The molecule has 0 fully saturated rings. The van der Waals surface area contributed by atoms with E-state index in [1.54, 1.807) is 30.9 Å². The highest BCUT2D eigenvalue weighted by Gasteiger charge is 2.24. The third-order valence-electron chi connectivity index (χ3n) is 6.82. The summed E-state index contributed by atoms with van der Waals surface area (Å²) < 4.78 is 18.3. The Morgan fingerprint density at radius 2 is 1.87 bits per heavy atom. The molecule has 0 radical (unpaired) electrons. The summed E-state index contributed by atoms with van der Waals surface area (Å²) in [5.74, 6) is 1.42. The fraction of sp³-hybridized carbons (Fsp3) is 0.433. The van der Waals surface area contributed by atoms with E-state index in [-0.39, 0.29) is 11.5 Å². The van der Waals surface area contributed by atoms with Crippen molar-refractivity contribution in [1.29, 1.82) is 0 Å². The van der Waals surface area contributed by atoms with E-state index in [2.05, 4.69) is 11.4 Å². The number of benzene rings is 2. The number of thioether (sulfide) groups is 1. The number of fused-ring (bicyclic) bond motifs is 1. The number of anilines is 1.